The highest BCUT2D eigenvalue weighted by Gasteiger charge is 2.24. The highest BCUT2D eigenvalue weighted by atomic mass is 35.5. The normalized spacial score (nSPS) is 14.6. The molecular formula is C24H17ClFNO3. The van der Waals surface area contributed by atoms with Crippen LogP contribution < -0.4 is 4.74 Å². The van der Waals surface area contributed by atoms with Gasteiger partial charge < -0.3 is 9.47 Å². The van der Waals surface area contributed by atoms with Crippen molar-refractivity contribution in [2.45, 2.75) is 13.5 Å². The van der Waals surface area contributed by atoms with Crippen molar-refractivity contribution in [3.63, 3.8) is 0 Å². The average molecular weight is 422 g/mol. The summed E-state index contributed by atoms with van der Waals surface area (Å²) >= 11 is 6.14. The quantitative estimate of drug-likeness (QED) is 0.391. The molecule has 0 saturated carbocycles. The Kier molecular flexibility index (Phi) is 5.63. The summed E-state index contributed by atoms with van der Waals surface area (Å²) in [6, 6.07) is 18.7. The first-order valence-corrected chi connectivity index (χ1v) is 9.62. The van der Waals surface area contributed by atoms with E-state index in [1.807, 2.05) is 31.2 Å². The number of rotatable bonds is 5. The molecule has 4 nitrogen and oxygen atoms in total. The standard InChI is InChI=1S/C24H17ClFNO3/c1-15-2-7-18(13-21(15)25)23-27-22(24(28)30-23)12-16-5-10-20(11-6-16)29-14-17-3-8-19(26)9-4-17/h2-13H,14H2,1H3. The summed E-state index contributed by atoms with van der Waals surface area (Å²) < 4.78 is 23.9. The molecule has 0 saturated heterocycles. The summed E-state index contributed by atoms with van der Waals surface area (Å²) in [5.41, 5.74) is 3.44. The fourth-order valence-corrected chi connectivity index (χ4v) is 3.00. The maximum atomic E-state index is 12.9. The fourth-order valence-electron chi connectivity index (χ4n) is 2.82. The Labute approximate surface area is 178 Å². The van der Waals surface area contributed by atoms with E-state index in [2.05, 4.69) is 4.99 Å². The van der Waals surface area contributed by atoms with Crippen molar-refractivity contribution in [1.29, 1.82) is 0 Å². The SMILES string of the molecule is Cc1ccc(C2=NC(=Cc3ccc(OCc4ccc(F)cc4)cc3)C(=O)O2)cc1Cl. The Balaban J connectivity index is 1.46. The van der Waals surface area contributed by atoms with Gasteiger partial charge in [0.25, 0.3) is 0 Å². The van der Waals surface area contributed by atoms with E-state index < -0.39 is 5.97 Å². The van der Waals surface area contributed by atoms with Gasteiger partial charge in [-0.05, 0) is 66.1 Å². The van der Waals surface area contributed by atoms with Crippen LogP contribution in [0.3, 0.4) is 0 Å². The Morgan fingerprint density at radius 1 is 1.07 bits per heavy atom. The van der Waals surface area contributed by atoms with Gasteiger partial charge in [-0.15, -0.1) is 0 Å². The van der Waals surface area contributed by atoms with Crippen molar-refractivity contribution >= 4 is 29.5 Å². The summed E-state index contributed by atoms with van der Waals surface area (Å²) in [5.74, 6) is 0.0950. The summed E-state index contributed by atoms with van der Waals surface area (Å²) in [5, 5.41) is 0.583. The number of benzene rings is 3. The molecule has 150 valence electrons. The van der Waals surface area contributed by atoms with E-state index in [1.54, 1.807) is 36.4 Å². The molecule has 0 unspecified atom stereocenters. The summed E-state index contributed by atoms with van der Waals surface area (Å²) in [6.07, 6.45) is 1.65. The van der Waals surface area contributed by atoms with E-state index in [0.717, 1.165) is 16.7 Å². The van der Waals surface area contributed by atoms with Gasteiger partial charge in [-0.25, -0.2) is 14.2 Å². The number of cyclic esters (lactones) is 1. The smallest absolute Gasteiger partial charge is 0.363 e. The summed E-state index contributed by atoms with van der Waals surface area (Å²) in [6.45, 7) is 2.23. The van der Waals surface area contributed by atoms with Crippen molar-refractivity contribution in [3.8, 4) is 5.75 Å². The van der Waals surface area contributed by atoms with Gasteiger partial charge in [-0.1, -0.05) is 41.9 Å². The maximum absolute atomic E-state index is 12.9. The Bertz CT molecular complexity index is 1150. The summed E-state index contributed by atoms with van der Waals surface area (Å²) in [7, 11) is 0. The van der Waals surface area contributed by atoms with E-state index in [0.29, 0.717) is 22.9 Å². The molecule has 0 amide bonds. The second-order valence-electron chi connectivity index (χ2n) is 6.78. The number of carbonyl (C=O) groups excluding carboxylic acids is 1. The van der Waals surface area contributed by atoms with Crippen LogP contribution in [0.25, 0.3) is 6.08 Å². The molecule has 1 aliphatic heterocycles. The predicted molar refractivity (Wildman–Crippen MR) is 114 cm³/mol. The molecule has 0 N–H and O–H groups in total. The molecule has 4 rings (SSSR count). The van der Waals surface area contributed by atoms with Gasteiger partial charge >= 0.3 is 5.97 Å². The number of halogens is 2. The minimum atomic E-state index is -0.515. The van der Waals surface area contributed by atoms with E-state index in [1.165, 1.54) is 12.1 Å². The third kappa shape index (κ3) is 4.58. The lowest BCUT2D eigenvalue weighted by atomic mass is 10.1. The summed E-state index contributed by atoms with van der Waals surface area (Å²) in [4.78, 5) is 16.5. The molecule has 0 atom stereocenters. The highest BCUT2D eigenvalue weighted by molar-refractivity contribution is 6.31. The van der Waals surface area contributed by atoms with Crippen LogP contribution in [-0.4, -0.2) is 11.9 Å². The fraction of sp³-hybridized carbons (Fsp3) is 0.0833. The van der Waals surface area contributed by atoms with Crippen LogP contribution in [0.4, 0.5) is 4.39 Å². The van der Waals surface area contributed by atoms with Gasteiger partial charge in [0, 0.05) is 10.6 Å². The van der Waals surface area contributed by atoms with Gasteiger partial charge in [0.05, 0.1) is 0 Å². The van der Waals surface area contributed by atoms with E-state index in [-0.39, 0.29) is 17.4 Å². The first-order chi connectivity index (χ1) is 14.5. The van der Waals surface area contributed by atoms with Crippen LogP contribution in [0.5, 0.6) is 5.75 Å². The van der Waals surface area contributed by atoms with Crippen LogP contribution in [0, 0.1) is 12.7 Å². The zero-order chi connectivity index (χ0) is 21.1. The van der Waals surface area contributed by atoms with Crippen molar-refractivity contribution in [1.82, 2.24) is 0 Å². The molecule has 0 aromatic heterocycles. The lowest BCUT2D eigenvalue weighted by Crippen LogP contribution is -2.05. The van der Waals surface area contributed by atoms with E-state index in [9.17, 15) is 9.18 Å². The molecule has 0 spiro atoms. The van der Waals surface area contributed by atoms with E-state index in [4.69, 9.17) is 21.1 Å². The molecule has 30 heavy (non-hydrogen) atoms. The number of aliphatic imine (C=N–C) groups is 1. The van der Waals surface area contributed by atoms with Crippen LogP contribution in [0.15, 0.2) is 77.4 Å². The minimum absolute atomic E-state index is 0.210. The highest BCUT2D eigenvalue weighted by Crippen LogP contribution is 2.23. The van der Waals surface area contributed by atoms with Crippen molar-refractivity contribution in [2.75, 3.05) is 0 Å². The second kappa shape index (κ2) is 8.51. The molecule has 0 radical (unpaired) electrons. The average Bonchev–Trinajstić information content (AvgIpc) is 3.11. The maximum Gasteiger partial charge on any atom is 0.363 e. The first-order valence-electron chi connectivity index (χ1n) is 9.24. The molecule has 3 aromatic rings. The molecule has 0 fully saturated rings. The molecule has 6 heteroatoms. The number of carbonyl (C=O) groups is 1. The van der Waals surface area contributed by atoms with Gasteiger partial charge in [-0.2, -0.15) is 0 Å². The molecule has 1 heterocycles. The number of hydrogen-bond acceptors (Lipinski definition) is 4. The van der Waals surface area contributed by atoms with Crippen LogP contribution in [-0.2, 0) is 16.1 Å². The Hall–Kier alpha value is -3.44. The lowest BCUT2D eigenvalue weighted by Gasteiger charge is -2.06. The first kappa shape index (κ1) is 19.9. The van der Waals surface area contributed by atoms with Crippen LogP contribution >= 0.6 is 11.6 Å². The van der Waals surface area contributed by atoms with Gasteiger partial charge in [0.2, 0.25) is 5.90 Å². The van der Waals surface area contributed by atoms with Crippen molar-refractivity contribution in [3.05, 3.63) is 106 Å². The molecule has 1 aliphatic rings. The van der Waals surface area contributed by atoms with Gasteiger partial charge in [0.1, 0.15) is 18.2 Å². The molecule has 3 aromatic carbocycles. The third-order valence-electron chi connectivity index (χ3n) is 4.54. The Morgan fingerprint density at radius 3 is 2.50 bits per heavy atom. The van der Waals surface area contributed by atoms with Crippen LogP contribution in [0.1, 0.15) is 22.3 Å². The predicted octanol–water partition coefficient (Wildman–Crippen LogP) is 5.71. The number of esters is 1. The van der Waals surface area contributed by atoms with Gasteiger partial charge in [-0.3, -0.25) is 0 Å². The van der Waals surface area contributed by atoms with E-state index >= 15 is 0 Å². The zero-order valence-corrected chi connectivity index (χ0v) is 16.8. The Morgan fingerprint density at radius 2 is 1.80 bits per heavy atom. The van der Waals surface area contributed by atoms with Crippen molar-refractivity contribution in [2.24, 2.45) is 4.99 Å². The second-order valence-corrected chi connectivity index (χ2v) is 7.19. The number of ether oxygens (including phenoxy) is 2. The monoisotopic (exact) mass is 421 g/mol. The minimum Gasteiger partial charge on any atom is -0.489 e. The lowest BCUT2D eigenvalue weighted by molar-refractivity contribution is -0.129. The van der Waals surface area contributed by atoms with Gasteiger partial charge in [0.15, 0.2) is 5.70 Å². The van der Waals surface area contributed by atoms with Crippen LogP contribution in [0.2, 0.25) is 5.02 Å². The van der Waals surface area contributed by atoms with Crippen molar-refractivity contribution < 1.29 is 18.7 Å². The number of hydrogen-bond donors (Lipinski definition) is 0. The zero-order valence-electron chi connectivity index (χ0n) is 16.1. The number of aryl methyl sites for hydroxylation is 1. The molecule has 0 bridgehead atoms. The molecule has 0 aliphatic carbocycles. The molecular weight excluding hydrogens is 405 g/mol. The third-order valence-corrected chi connectivity index (χ3v) is 4.95. The number of nitrogens with zero attached hydrogens (tertiary/aromatic N) is 1. The topological polar surface area (TPSA) is 47.9 Å². The largest absolute Gasteiger partial charge is 0.489 e.